The third kappa shape index (κ3) is 3.16. The van der Waals surface area contributed by atoms with Crippen molar-refractivity contribution < 1.29 is 23.5 Å². The minimum absolute atomic E-state index is 0.0669. The van der Waals surface area contributed by atoms with E-state index in [1.807, 2.05) is 0 Å². The molecule has 0 aliphatic carbocycles. The standard InChI is InChI=1S/C21H19N3O5/c1-13-22-16-10-14(2-4-17(16)29-13)20(25)23-6-8-24(9-7-23)21(26)15-3-5-18-19(11-15)28-12-27-18/h2-5,10-11H,6-9,12H2,1H3. The fourth-order valence-electron chi connectivity index (χ4n) is 3.68. The Hall–Kier alpha value is -3.55. The van der Waals surface area contributed by atoms with Gasteiger partial charge in [0.05, 0.1) is 0 Å². The van der Waals surface area contributed by atoms with Crippen molar-refractivity contribution in [2.75, 3.05) is 33.0 Å². The van der Waals surface area contributed by atoms with Crippen molar-refractivity contribution in [2.45, 2.75) is 6.92 Å². The summed E-state index contributed by atoms with van der Waals surface area (Å²) < 4.78 is 16.1. The molecule has 2 aliphatic heterocycles. The van der Waals surface area contributed by atoms with Crippen LogP contribution in [0.15, 0.2) is 40.8 Å². The van der Waals surface area contributed by atoms with Gasteiger partial charge in [0.25, 0.3) is 11.8 Å². The number of rotatable bonds is 2. The van der Waals surface area contributed by atoms with Gasteiger partial charge >= 0.3 is 0 Å². The van der Waals surface area contributed by atoms with Crippen LogP contribution in [0.25, 0.3) is 11.1 Å². The van der Waals surface area contributed by atoms with E-state index in [0.29, 0.717) is 65.8 Å². The van der Waals surface area contributed by atoms with Crippen LogP contribution in [0.3, 0.4) is 0 Å². The lowest BCUT2D eigenvalue weighted by Crippen LogP contribution is -2.50. The van der Waals surface area contributed by atoms with Gasteiger partial charge in [0.1, 0.15) is 5.52 Å². The number of hydrogen-bond donors (Lipinski definition) is 0. The van der Waals surface area contributed by atoms with E-state index in [1.54, 1.807) is 53.1 Å². The first-order valence-electron chi connectivity index (χ1n) is 9.44. The molecule has 2 aromatic carbocycles. The van der Waals surface area contributed by atoms with Crippen molar-refractivity contribution in [1.29, 1.82) is 0 Å². The molecule has 0 spiro atoms. The molecule has 1 aromatic heterocycles. The second-order valence-corrected chi connectivity index (χ2v) is 7.07. The second-order valence-electron chi connectivity index (χ2n) is 7.07. The molecule has 29 heavy (non-hydrogen) atoms. The molecule has 0 radical (unpaired) electrons. The molecule has 148 valence electrons. The Bertz CT molecular complexity index is 1110. The monoisotopic (exact) mass is 393 g/mol. The topological polar surface area (TPSA) is 85.1 Å². The molecule has 0 unspecified atom stereocenters. The first-order chi connectivity index (χ1) is 14.1. The van der Waals surface area contributed by atoms with E-state index in [4.69, 9.17) is 13.9 Å². The van der Waals surface area contributed by atoms with Crippen molar-refractivity contribution in [1.82, 2.24) is 14.8 Å². The zero-order valence-electron chi connectivity index (χ0n) is 15.9. The summed E-state index contributed by atoms with van der Waals surface area (Å²) in [6, 6.07) is 10.5. The molecule has 2 aliphatic rings. The SMILES string of the molecule is Cc1nc2cc(C(=O)N3CCN(C(=O)c4ccc5c(c4)OCO5)CC3)ccc2o1. The average Bonchev–Trinajstić information content (AvgIpc) is 3.36. The number of nitrogens with zero attached hydrogens (tertiary/aromatic N) is 3. The van der Waals surface area contributed by atoms with Gasteiger partial charge in [-0.25, -0.2) is 4.98 Å². The summed E-state index contributed by atoms with van der Waals surface area (Å²) in [7, 11) is 0. The molecule has 3 aromatic rings. The molecule has 3 heterocycles. The number of amides is 2. The average molecular weight is 393 g/mol. The quantitative estimate of drug-likeness (QED) is 0.665. The highest BCUT2D eigenvalue weighted by Crippen LogP contribution is 2.33. The fourth-order valence-corrected chi connectivity index (χ4v) is 3.68. The van der Waals surface area contributed by atoms with Gasteiger partial charge in [0, 0.05) is 44.2 Å². The summed E-state index contributed by atoms with van der Waals surface area (Å²) >= 11 is 0. The maximum absolute atomic E-state index is 12.9. The normalized spacial score (nSPS) is 15.8. The van der Waals surface area contributed by atoms with E-state index in [9.17, 15) is 9.59 Å². The highest BCUT2D eigenvalue weighted by molar-refractivity contribution is 5.98. The molecule has 0 N–H and O–H groups in total. The van der Waals surface area contributed by atoms with Crippen LogP contribution in [-0.4, -0.2) is 59.6 Å². The minimum atomic E-state index is -0.0742. The summed E-state index contributed by atoms with van der Waals surface area (Å²) in [4.78, 5) is 33.5. The number of carbonyl (C=O) groups excluding carboxylic acids is 2. The Morgan fingerprint density at radius 2 is 1.48 bits per heavy atom. The number of aryl methyl sites for hydroxylation is 1. The number of benzene rings is 2. The van der Waals surface area contributed by atoms with E-state index in [-0.39, 0.29) is 18.6 Å². The summed E-state index contributed by atoms with van der Waals surface area (Å²) in [5, 5.41) is 0. The maximum atomic E-state index is 12.9. The van der Waals surface area contributed by atoms with Crippen molar-refractivity contribution in [3.63, 3.8) is 0 Å². The number of aromatic nitrogens is 1. The number of hydrogen-bond acceptors (Lipinski definition) is 6. The highest BCUT2D eigenvalue weighted by Gasteiger charge is 2.27. The van der Waals surface area contributed by atoms with Crippen LogP contribution in [0.2, 0.25) is 0 Å². The van der Waals surface area contributed by atoms with Crippen LogP contribution in [0.4, 0.5) is 0 Å². The minimum Gasteiger partial charge on any atom is -0.454 e. The Balaban J connectivity index is 1.25. The smallest absolute Gasteiger partial charge is 0.254 e. The van der Waals surface area contributed by atoms with Crippen molar-refractivity contribution in [3.05, 3.63) is 53.4 Å². The Morgan fingerprint density at radius 3 is 2.21 bits per heavy atom. The van der Waals surface area contributed by atoms with E-state index in [1.165, 1.54) is 0 Å². The molecule has 5 rings (SSSR count). The highest BCUT2D eigenvalue weighted by atomic mass is 16.7. The lowest BCUT2D eigenvalue weighted by atomic mass is 10.1. The van der Waals surface area contributed by atoms with Gasteiger partial charge in [0.2, 0.25) is 6.79 Å². The molecule has 0 saturated carbocycles. The molecule has 0 bridgehead atoms. The van der Waals surface area contributed by atoms with Gasteiger partial charge in [-0.2, -0.15) is 0 Å². The third-order valence-corrected chi connectivity index (χ3v) is 5.22. The van der Waals surface area contributed by atoms with Gasteiger partial charge in [-0.3, -0.25) is 9.59 Å². The van der Waals surface area contributed by atoms with Crippen LogP contribution in [0, 0.1) is 6.92 Å². The van der Waals surface area contributed by atoms with Gasteiger partial charge in [0.15, 0.2) is 23.0 Å². The Labute approximate surface area is 166 Å². The second kappa shape index (κ2) is 6.80. The van der Waals surface area contributed by atoms with Gasteiger partial charge in [-0.15, -0.1) is 0 Å². The molecular weight excluding hydrogens is 374 g/mol. The maximum Gasteiger partial charge on any atom is 0.254 e. The molecular formula is C21H19N3O5. The fraction of sp³-hybridized carbons (Fsp3) is 0.286. The summed E-state index contributed by atoms with van der Waals surface area (Å²) in [6.45, 7) is 3.86. The van der Waals surface area contributed by atoms with Crippen LogP contribution in [0.5, 0.6) is 11.5 Å². The lowest BCUT2D eigenvalue weighted by molar-refractivity contribution is 0.0535. The molecule has 2 amide bonds. The predicted octanol–water partition coefficient (Wildman–Crippen LogP) is 2.46. The van der Waals surface area contributed by atoms with Crippen LogP contribution in [0.1, 0.15) is 26.6 Å². The first kappa shape index (κ1) is 17.5. The Morgan fingerprint density at radius 1 is 0.862 bits per heavy atom. The predicted molar refractivity (Wildman–Crippen MR) is 103 cm³/mol. The van der Waals surface area contributed by atoms with Gasteiger partial charge in [-0.1, -0.05) is 0 Å². The molecule has 8 heteroatoms. The summed E-state index contributed by atoms with van der Waals surface area (Å²) in [5.74, 6) is 1.66. The first-order valence-corrected chi connectivity index (χ1v) is 9.44. The lowest BCUT2D eigenvalue weighted by Gasteiger charge is -2.34. The summed E-state index contributed by atoms with van der Waals surface area (Å²) in [5.41, 5.74) is 2.46. The van der Waals surface area contributed by atoms with Crippen molar-refractivity contribution >= 4 is 22.9 Å². The number of fused-ring (bicyclic) bond motifs is 2. The number of ether oxygens (including phenoxy) is 2. The molecule has 1 fully saturated rings. The Kier molecular flexibility index (Phi) is 4.12. The molecule has 0 atom stereocenters. The van der Waals surface area contributed by atoms with Gasteiger partial charge < -0.3 is 23.7 Å². The van der Waals surface area contributed by atoms with E-state index in [2.05, 4.69) is 4.98 Å². The van der Waals surface area contributed by atoms with E-state index in [0.717, 1.165) is 0 Å². The van der Waals surface area contributed by atoms with Crippen LogP contribution >= 0.6 is 0 Å². The van der Waals surface area contributed by atoms with Crippen molar-refractivity contribution in [2.24, 2.45) is 0 Å². The summed E-state index contributed by atoms with van der Waals surface area (Å²) in [6.07, 6.45) is 0. The van der Waals surface area contributed by atoms with Gasteiger partial charge in [-0.05, 0) is 36.4 Å². The van der Waals surface area contributed by atoms with E-state index < -0.39 is 0 Å². The number of carbonyl (C=O) groups is 2. The van der Waals surface area contributed by atoms with Crippen LogP contribution < -0.4 is 9.47 Å². The zero-order valence-corrected chi connectivity index (χ0v) is 15.9. The van der Waals surface area contributed by atoms with E-state index >= 15 is 0 Å². The molecule has 1 saturated heterocycles. The molecule has 8 nitrogen and oxygen atoms in total. The number of oxazole rings is 1. The number of piperazine rings is 1. The van der Waals surface area contributed by atoms with Crippen molar-refractivity contribution in [3.8, 4) is 11.5 Å². The third-order valence-electron chi connectivity index (χ3n) is 5.22. The zero-order chi connectivity index (χ0) is 20.0. The van der Waals surface area contributed by atoms with Crippen LogP contribution in [-0.2, 0) is 0 Å². The largest absolute Gasteiger partial charge is 0.454 e.